The minimum Gasteiger partial charge on any atom is -0.394 e. The number of carbonyl (C=O) groups excluding carboxylic acids is 1. The summed E-state index contributed by atoms with van der Waals surface area (Å²) in [7, 11) is 0. The zero-order chi connectivity index (χ0) is 15.0. The van der Waals surface area contributed by atoms with E-state index in [-0.39, 0.29) is 30.8 Å². The van der Waals surface area contributed by atoms with Crippen LogP contribution in [-0.4, -0.2) is 54.9 Å². The first-order valence-corrected chi connectivity index (χ1v) is 7.59. The van der Waals surface area contributed by atoms with Gasteiger partial charge in [0.1, 0.15) is 0 Å². The molecule has 1 aliphatic heterocycles. The second-order valence-corrected chi connectivity index (χ2v) is 6.15. The topological polar surface area (TPSA) is 96.2 Å². The minimum atomic E-state index is -0.168. The van der Waals surface area contributed by atoms with Crippen LogP contribution in [0.2, 0.25) is 0 Å². The zero-order valence-electron chi connectivity index (χ0n) is 12.4. The molecule has 2 heterocycles. The van der Waals surface area contributed by atoms with Crippen molar-refractivity contribution < 1.29 is 9.90 Å². The van der Waals surface area contributed by atoms with Crippen molar-refractivity contribution in [3.63, 3.8) is 0 Å². The lowest BCUT2D eigenvalue weighted by Gasteiger charge is -2.29. The summed E-state index contributed by atoms with van der Waals surface area (Å²) in [5.41, 5.74) is 0. The summed E-state index contributed by atoms with van der Waals surface area (Å²) in [6.07, 6.45) is 3.73. The second kappa shape index (κ2) is 5.59. The number of amides is 2. The number of nitrogens with one attached hydrogen (secondary N) is 1. The van der Waals surface area contributed by atoms with Crippen LogP contribution in [0.5, 0.6) is 0 Å². The van der Waals surface area contributed by atoms with Gasteiger partial charge in [0.15, 0.2) is 5.82 Å². The molecule has 2 amide bonds. The highest BCUT2D eigenvalue weighted by atomic mass is 16.3. The summed E-state index contributed by atoms with van der Waals surface area (Å²) in [4.78, 5) is 14.2. The molecule has 2 fully saturated rings. The lowest BCUT2D eigenvalue weighted by atomic mass is 10.2. The maximum absolute atomic E-state index is 12.5. The minimum absolute atomic E-state index is 0.0347. The van der Waals surface area contributed by atoms with Crippen molar-refractivity contribution in [2.75, 3.05) is 6.61 Å². The van der Waals surface area contributed by atoms with Crippen LogP contribution >= 0.6 is 0 Å². The van der Waals surface area contributed by atoms with Crippen LogP contribution in [0, 0.1) is 0 Å². The van der Waals surface area contributed by atoms with E-state index in [0.717, 1.165) is 31.5 Å². The zero-order valence-corrected chi connectivity index (χ0v) is 12.4. The lowest BCUT2D eigenvalue weighted by Crippen LogP contribution is -2.47. The number of hydrogen-bond acceptors (Lipinski definition) is 5. The fourth-order valence-corrected chi connectivity index (χ4v) is 2.94. The Morgan fingerprint density at radius 1 is 1.38 bits per heavy atom. The summed E-state index contributed by atoms with van der Waals surface area (Å²) in [5, 5.41) is 24.4. The van der Waals surface area contributed by atoms with Gasteiger partial charge in [-0.2, -0.15) is 0 Å². The van der Waals surface area contributed by atoms with Crippen LogP contribution in [0.1, 0.15) is 57.4 Å². The van der Waals surface area contributed by atoms with E-state index in [1.54, 1.807) is 4.90 Å². The molecule has 0 bridgehead atoms. The van der Waals surface area contributed by atoms with Gasteiger partial charge in [-0.1, -0.05) is 0 Å². The molecule has 8 heteroatoms. The summed E-state index contributed by atoms with van der Waals surface area (Å²) in [6.45, 7) is 3.81. The number of aromatic nitrogens is 4. The van der Waals surface area contributed by atoms with Gasteiger partial charge < -0.3 is 15.3 Å². The molecule has 0 aromatic carbocycles. The maximum atomic E-state index is 12.5. The van der Waals surface area contributed by atoms with E-state index >= 15 is 0 Å². The van der Waals surface area contributed by atoms with E-state index in [1.807, 2.05) is 18.5 Å². The lowest BCUT2D eigenvalue weighted by molar-refractivity contribution is 0.133. The van der Waals surface area contributed by atoms with Crippen LogP contribution in [0.3, 0.4) is 0 Å². The maximum Gasteiger partial charge on any atom is 0.318 e. The van der Waals surface area contributed by atoms with Gasteiger partial charge in [0.25, 0.3) is 0 Å². The summed E-state index contributed by atoms with van der Waals surface area (Å²) in [5.74, 6) is 0.743. The third-order valence-electron chi connectivity index (χ3n) is 4.07. The number of urea groups is 1. The van der Waals surface area contributed by atoms with Gasteiger partial charge in [0.2, 0.25) is 0 Å². The average molecular weight is 294 g/mol. The molecular formula is C13H22N6O2. The van der Waals surface area contributed by atoms with E-state index in [9.17, 15) is 9.90 Å². The summed E-state index contributed by atoms with van der Waals surface area (Å²) < 4.78 is 1.85. The Kier molecular flexibility index (Phi) is 3.79. The van der Waals surface area contributed by atoms with E-state index in [4.69, 9.17) is 0 Å². The highest BCUT2D eigenvalue weighted by Gasteiger charge is 2.42. The van der Waals surface area contributed by atoms with Crippen molar-refractivity contribution in [1.29, 1.82) is 0 Å². The molecule has 1 saturated heterocycles. The van der Waals surface area contributed by atoms with Crippen molar-refractivity contribution in [2.24, 2.45) is 0 Å². The number of hydrogen-bond donors (Lipinski definition) is 2. The highest BCUT2D eigenvalue weighted by molar-refractivity contribution is 5.75. The molecule has 1 aromatic rings. The van der Waals surface area contributed by atoms with Gasteiger partial charge in [-0.15, -0.1) is 5.10 Å². The average Bonchev–Trinajstić information content (AvgIpc) is 3.02. The number of tetrazole rings is 1. The summed E-state index contributed by atoms with van der Waals surface area (Å²) >= 11 is 0. The Labute approximate surface area is 123 Å². The monoisotopic (exact) mass is 294 g/mol. The fourth-order valence-electron chi connectivity index (χ4n) is 2.94. The first-order chi connectivity index (χ1) is 10.1. The van der Waals surface area contributed by atoms with Gasteiger partial charge in [0, 0.05) is 6.04 Å². The van der Waals surface area contributed by atoms with Crippen LogP contribution in [0.25, 0.3) is 0 Å². The Hall–Kier alpha value is -1.70. The number of rotatable bonds is 4. The normalized spacial score (nSPS) is 25.6. The Balaban J connectivity index is 1.85. The first-order valence-electron chi connectivity index (χ1n) is 7.59. The van der Waals surface area contributed by atoms with Crippen LogP contribution < -0.4 is 5.32 Å². The first kappa shape index (κ1) is 14.2. The van der Waals surface area contributed by atoms with E-state index in [0.29, 0.717) is 6.04 Å². The van der Waals surface area contributed by atoms with E-state index < -0.39 is 0 Å². The molecule has 2 N–H and O–H groups in total. The van der Waals surface area contributed by atoms with E-state index in [1.165, 1.54) is 0 Å². The fraction of sp³-hybridized carbons (Fsp3) is 0.846. The van der Waals surface area contributed by atoms with Crippen molar-refractivity contribution in [3.8, 4) is 0 Å². The Morgan fingerprint density at radius 3 is 2.76 bits per heavy atom. The van der Waals surface area contributed by atoms with Gasteiger partial charge in [-0.25, -0.2) is 9.48 Å². The molecule has 1 saturated carbocycles. The predicted molar refractivity (Wildman–Crippen MR) is 74.4 cm³/mol. The van der Waals surface area contributed by atoms with Crippen molar-refractivity contribution >= 4 is 6.03 Å². The molecule has 2 aliphatic rings. The largest absolute Gasteiger partial charge is 0.394 e. The molecule has 1 aliphatic carbocycles. The SMILES string of the molecule is CC(C)NC(=O)N1[C@H](CO)CC[C@@H]1c1nnnn1C1CC1. The van der Waals surface area contributed by atoms with E-state index in [2.05, 4.69) is 20.8 Å². The van der Waals surface area contributed by atoms with Crippen molar-refractivity contribution in [3.05, 3.63) is 5.82 Å². The van der Waals surface area contributed by atoms with Gasteiger partial charge >= 0.3 is 6.03 Å². The molecule has 8 nitrogen and oxygen atoms in total. The molecule has 3 rings (SSSR count). The van der Waals surface area contributed by atoms with Crippen LogP contribution in [0.15, 0.2) is 0 Å². The van der Waals surface area contributed by atoms with Crippen LogP contribution in [0.4, 0.5) is 4.79 Å². The third-order valence-corrected chi connectivity index (χ3v) is 4.07. The predicted octanol–water partition coefficient (Wildman–Crippen LogP) is 0.624. The smallest absolute Gasteiger partial charge is 0.318 e. The molecule has 2 atom stereocenters. The molecular weight excluding hydrogens is 272 g/mol. The Morgan fingerprint density at radius 2 is 2.14 bits per heavy atom. The molecule has 116 valence electrons. The number of nitrogens with zero attached hydrogens (tertiary/aromatic N) is 5. The standard InChI is InChI=1S/C13H22N6O2/c1-8(2)14-13(21)18-10(7-20)5-6-11(18)12-15-16-17-19(12)9-3-4-9/h8-11,20H,3-7H2,1-2H3,(H,14,21)/t10-,11+/m0/s1. The number of aliphatic hydroxyl groups excluding tert-OH is 1. The van der Waals surface area contributed by atoms with Crippen LogP contribution in [-0.2, 0) is 0 Å². The molecule has 0 spiro atoms. The van der Waals surface area contributed by atoms with Crippen molar-refractivity contribution in [1.82, 2.24) is 30.4 Å². The quantitative estimate of drug-likeness (QED) is 0.849. The highest BCUT2D eigenvalue weighted by Crippen LogP contribution is 2.40. The summed E-state index contributed by atoms with van der Waals surface area (Å²) in [6, 6.07) is -0.0535. The van der Waals surface area contributed by atoms with Gasteiger partial charge in [0.05, 0.1) is 24.7 Å². The Bertz CT molecular complexity index is 513. The number of aliphatic hydroxyl groups is 1. The molecule has 0 unspecified atom stereocenters. The van der Waals surface area contributed by atoms with Crippen molar-refractivity contribution in [2.45, 2.75) is 63.7 Å². The second-order valence-electron chi connectivity index (χ2n) is 6.15. The number of carbonyl (C=O) groups is 1. The number of likely N-dealkylation sites (tertiary alicyclic amines) is 1. The molecule has 0 radical (unpaired) electrons. The van der Waals surface area contributed by atoms with Gasteiger partial charge in [-0.3, -0.25) is 0 Å². The molecule has 21 heavy (non-hydrogen) atoms. The van der Waals surface area contributed by atoms with Gasteiger partial charge in [-0.05, 0) is 50.0 Å². The third kappa shape index (κ3) is 2.72. The molecule has 1 aromatic heterocycles.